The SMILES string of the molecule is O=C(NC(=S)Nc1nc(-c2ccccc2)cs1)C1CCC1. The van der Waals surface area contributed by atoms with Crippen LogP contribution in [0.25, 0.3) is 11.3 Å². The van der Waals surface area contributed by atoms with Crippen molar-refractivity contribution < 1.29 is 4.79 Å². The monoisotopic (exact) mass is 317 g/mol. The number of hydrogen-bond acceptors (Lipinski definition) is 4. The van der Waals surface area contributed by atoms with E-state index in [1.54, 1.807) is 0 Å². The molecule has 1 saturated carbocycles. The van der Waals surface area contributed by atoms with Gasteiger partial charge in [0.2, 0.25) is 5.91 Å². The van der Waals surface area contributed by atoms with Gasteiger partial charge in [-0.3, -0.25) is 4.79 Å². The van der Waals surface area contributed by atoms with Crippen molar-refractivity contribution in [1.82, 2.24) is 10.3 Å². The Hall–Kier alpha value is -1.79. The van der Waals surface area contributed by atoms with Gasteiger partial charge in [0.25, 0.3) is 0 Å². The third-order valence-electron chi connectivity index (χ3n) is 3.51. The molecule has 0 spiro atoms. The van der Waals surface area contributed by atoms with E-state index in [-0.39, 0.29) is 11.8 Å². The molecule has 0 aliphatic heterocycles. The van der Waals surface area contributed by atoms with Crippen LogP contribution in [0.15, 0.2) is 35.7 Å². The fourth-order valence-electron chi connectivity index (χ4n) is 2.09. The van der Waals surface area contributed by atoms with Crippen molar-refractivity contribution in [3.63, 3.8) is 0 Å². The predicted octanol–water partition coefficient (Wildman–Crippen LogP) is 3.42. The Morgan fingerprint density at radius 2 is 2.05 bits per heavy atom. The summed E-state index contributed by atoms with van der Waals surface area (Å²) in [5.74, 6) is 0.138. The van der Waals surface area contributed by atoms with Gasteiger partial charge in [0.1, 0.15) is 0 Å². The number of carbonyl (C=O) groups is 1. The molecule has 1 aromatic carbocycles. The van der Waals surface area contributed by atoms with Gasteiger partial charge in [0, 0.05) is 16.9 Å². The Morgan fingerprint density at radius 1 is 1.29 bits per heavy atom. The summed E-state index contributed by atoms with van der Waals surface area (Å²) in [4.78, 5) is 16.3. The molecule has 0 radical (unpaired) electrons. The van der Waals surface area contributed by atoms with Gasteiger partial charge in [-0.1, -0.05) is 36.8 Å². The van der Waals surface area contributed by atoms with Gasteiger partial charge in [0.05, 0.1) is 5.69 Å². The Kier molecular flexibility index (Phi) is 4.26. The van der Waals surface area contributed by atoms with Crippen molar-refractivity contribution >= 4 is 39.7 Å². The fourth-order valence-corrected chi connectivity index (χ4v) is 3.07. The van der Waals surface area contributed by atoms with Crippen molar-refractivity contribution in [3.8, 4) is 11.3 Å². The molecule has 0 bridgehead atoms. The molecule has 1 aromatic heterocycles. The van der Waals surface area contributed by atoms with E-state index in [2.05, 4.69) is 15.6 Å². The minimum atomic E-state index is 0.0126. The number of nitrogens with zero attached hydrogens (tertiary/aromatic N) is 1. The van der Waals surface area contributed by atoms with Crippen LogP contribution in [0, 0.1) is 5.92 Å². The molecule has 0 saturated heterocycles. The Balaban J connectivity index is 1.59. The highest BCUT2D eigenvalue weighted by Crippen LogP contribution is 2.26. The molecule has 108 valence electrons. The largest absolute Gasteiger partial charge is 0.308 e. The highest BCUT2D eigenvalue weighted by molar-refractivity contribution is 7.80. The van der Waals surface area contributed by atoms with Crippen LogP contribution >= 0.6 is 23.6 Å². The molecule has 1 fully saturated rings. The molecular formula is C15H15N3OS2. The molecule has 1 heterocycles. The molecule has 1 aliphatic carbocycles. The lowest BCUT2D eigenvalue weighted by Crippen LogP contribution is -2.40. The molecule has 0 atom stereocenters. The van der Waals surface area contributed by atoms with E-state index < -0.39 is 0 Å². The molecule has 21 heavy (non-hydrogen) atoms. The second kappa shape index (κ2) is 6.32. The summed E-state index contributed by atoms with van der Waals surface area (Å²) >= 11 is 6.62. The van der Waals surface area contributed by atoms with Crippen LogP contribution in [0.3, 0.4) is 0 Å². The molecular weight excluding hydrogens is 302 g/mol. The third kappa shape index (κ3) is 3.46. The van der Waals surface area contributed by atoms with Crippen molar-refractivity contribution in [3.05, 3.63) is 35.7 Å². The minimum Gasteiger partial charge on any atom is -0.308 e. The number of aromatic nitrogens is 1. The first-order chi connectivity index (χ1) is 10.2. The molecule has 0 unspecified atom stereocenters. The summed E-state index contributed by atoms with van der Waals surface area (Å²) in [5.41, 5.74) is 1.96. The molecule has 2 N–H and O–H groups in total. The first kappa shape index (κ1) is 14.2. The number of thiocarbonyl (C=S) groups is 1. The highest BCUT2D eigenvalue weighted by atomic mass is 32.1. The second-order valence-corrected chi connectivity index (χ2v) is 6.24. The van der Waals surface area contributed by atoms with Crippen LogP contribution < -0.4 is 10.6 Å². The number of amides is 1. The van der Waals surface area contributed by atoms with Gasteiger partial charge < -0.3 is 10.6 Å². The van der Waals surface area contributed by atoms with E-state index in [9.17, 15) is 4.79 Å². The van der Waals surface area contributed by atoms with E-state index in [4.69, 9.17) is 12.2 Å². The fraction of sp³-hybridized carbons (Fsp3) is 0.267. The highest BCUT2D eigenvalue weighted by Gasteiger charge is 2.25. The number of carbonyl (C=O) groups excluding carboxylic acids is 1. The zero-order valence-electron chi connectivity index (χ0n) is 11.3. The minimum absolute atomic E-state index is 0.0126. The van der Waals surface area contributed by atoms with Crippen LogP contribution in [0.2, 0.25) is 0 Å². The number of rotatable bonds is 3. The standard InChI is InChI=1S/C15H15N3OS2/c19-13(11-7-4-8-11)17-14(20)18-15-16-12(9-21-15)10-5-2-1-3-6-10/h1-3,5-6,9,11H,4,7-8H2,(H2,16,17,18,19,20). The quantitative estimate of drug-likeness (QED) is 0.852. The molecule has 4 nitrogen and oxygen atoms in total. The van der Waals surface area contributed by atoms with Gasteiger partial charge in [-0.15, -0.1) is 11.3 Å². The Bertz CT molecular complexity index is 650. The summed E-state index contributed by atoms with van der Waals surface area (Å²) in [6.45, 7) is 0. The average Bonchev–Trinajstić information content (AvgIpc) is 2.85. The summed E-state index contributed by atoms with van der Waals surface area (Å²) in [5, 5.41) is 8.67. The third-order valence-corrected chi connectivity index (χ3v) is 4.47. The maximum atomic E-state index is 11.8. The van der Waals surface area contributed by atoms with Gasteiger partial charge in [0.15, 0.2) is 10.2 Å². The van der Waals surface area contributed by atoms with Gasteiger partial charge in [-0.25, -0.2) is 4.98 Å². The van der Waals surface area contributed by atoms with E-state index in [0.29, 0.717) is 10.2 Å². The maximum Gasteiger partial charge on any atom is 0.229 e. The predicted molar refractivity (Wildman–Crippen MR) is 89.3 cm³/mol. The van der Waals surface area contributed by atoms with Crippen molar-refractivity contribution in [2.24, 2.45) is 5.92 Å². The normalized spacial score (nSPS) is 14.3. The zero-order chi connectivity index (χ0) is 14.7. The van der Waals surface area contributed by atoms with E-state index in [0.717, 1.165) is 30.5 Å². The number of thiazole rings is 1. The summed E-state index contributed by atoms with van der Waals surface area (Å²) < 4.78 is 0. The van der Waals surface area contributed by atoms with Gasteiger partial charge >= 0.3 is 0 Å². The van der Waals surface area contributed by atoms with Crippen molar-refractivity contribution in [2.45, 2.75) is 19.3 Å². The molecule has 3 rings (SSSR count). The second-order valence-electron chi connectivity index (χ2n) is 4.98. The number of nitrogens with one attached hydrogen (secondary N) is 2. The van der Waals surface area contributed by atoms with Crippen molar-refractivity contribution in [1.29, 1.82) is 0 Å². The van der Waals surface area contributed by atoms with Crippen LogP contribution in [-0.4, -0.2) is 16.0 Å². The van der Waals surface area contributed by atoms with Crippen LogP contribution in [-0.2, 0) is 4.79 Å². The van der Waals surface area contributed by atoms with E-state index in [1.165, 1.54) is 11.3 Å². The van der Waals surface area contributed by atoms with Crippen LogP contribution in [0.1, 0.15) is 19.3 Å². The average molecular weight is 317 g/mol. The summed E-state index contributed by atoms with van der Waals surface area (Å²) in [6.07, 6.45) is 3.05. The lowest BCUT2D eigenvalue weighted by Gasteiger charge is -2.24. The lowest BCUT2D eigenvalue weighted by atomic mass is 9.85. The Morgan fingerprint density at radius 3 is 2.71 bits per heavy atom. The molecule has 2 aromatic rings. The molecule has 1 aliphatic rings. The number of anilines is 1. The maximum absolute atomic E-state index is 11.8. The van der Waals surface area contributed by atoms with E-state index >= 15 is 0 Å². The lowest BCUT2D eigenvalue weighted by molar-refractivity contribution is -0.125. The van der Waals surface area contributed by atoms with Crippen molar-refractivity contribution in [2.75, 3.05) is 5.32 Å². The van der Waals surface area contributed by atoms with Gasteiger partial charge in [-0.05, 0) is 25.1 Å². The Labute approximate surface area is 132 Å². The number of hydrogen-bond donors (Lipinski definition) is 2. The first-order valence-corrected chi connectivity index (χ1v) is 8.14. The van der Waals surface area contributed by atoms with Gasteiger partial charge in [-0.2, -0.15) is 0 Å². The summed E-state index contributed by atoms with van der Waals surface area (Å²) in [6, 6.07) is 9.95. The van der Waals surface area contributed by atoms with Crippen LogP contribution in [0.5, 0.6) is 0 Å². The molecule has 1 amide bonds. The van der Waals surface area contributed by atoms with E-state index in [1.807, 2.05) is 35.7 Å². The number of benzene rings is 1. The topological polar surface area (TPSA) is 54.0 Å². The first-order valence-electron chi connectivity index (χ1n) is 6.85. The smallest absolute Gasteiger partial charge is 0.229 e. The van der Waals surface area contributed by atoms with Crippen LogP contribution in [0.4, 0.5) is 5.13 Å². The summed E-state index contributed by atoms with van der Waals surface area (Å²) in [7, 11) is 0. The zero-order valence-corrected chi connectivity index (χ0v) is 13.0. The molecule has 6 heteroatoms.